The minimum absolute atomic E-state index is 0.336. The van der Waals surface area contributed by atoms with Crippen LogP contribution in [0.1, 0.15) is 64.6 Å². The molecule has 1 saturated carbocycles. The molecule has 2 atom stereocenters. The van der Waals surface area contributed by atoms with E-state index in [0.717, 1.165) is 35.6 Å². The van der Waals surface area contributed by atoms with Gasteiger partial charge < -0.3 is 11.1 Å². The first-order valence-corrected chi connectivity index (χ1v) is 8.07. The molecule has 1 aromatic heterocycles. The second kappa shape index (κ2) is 6.51. The third-order valence-electron chi connectivity index (χ3n) is 4.51. The highest BCUT2D eigenvalue weighted by molar-refractivity contribution is 5.64. The van der Waals surface area contributed by atoms with Crippen LogP contribution in [0.2, 0.25) is 0 Å². The van der Waals surface area contributed by atoms with Gasteiger partial charge in [-0.05, 0) is 45.4 Å². The Bertz CT molecular complexity index is 436. The van der Waals surface area contributed by atoms with Crippen LogP contribution in [0, 0.1) is 18.8 Å². The average Bonchev–Trinajstić information content (AvgIpc) is 2.67. The van der Waals surface area contributed by atoms with Crippen molar-refractivity contribution in [3.05, 3.63) is 5.69 Å². The number of aromatic nitrogens is 2. The molecule has 3 N–H and O–H groups in total. The van der Waals surface area contributed by atoms with Gasteiger partial charge in [0.25, 0.3) is 0 Å². The van der Waals surface area contributed by atoms with Crippen molar-refractivity contribution in [2.24, 2.45) is 11.8 Å². The van der Waals surface area contributed by atoms with Crippen LogP contribution < -0.4 is 11.1 Å². The lowest BCUT2D eigenvalue weighted by Crippen LogP contribution is -2.18. The van der Waals surface area contributed by atoms with Gasteiger partial charge in [0.15, 0.2) is 0 Å². The van der Waals surface area contributed by atoms with E-state index >= 15 is 0 Å². The van der Waals surface area contributed by atoms with Gasteiger partial charge in [-0.1, -0.05) is 26.2 Å². The molecule has 0 radical (unpaired) electrons. The van der Waals surface area contributed by atoms with Crippen LogP contribution in [0.5, 0.6) is 0 Å². The fraction of sp³-hybridized carbons (Fsp3) is 0.812. The molecular formula is C16H30N4. The van der Waals surface area contributed by atoms with Crippen molar-refractivity contribution in [3.8, 4) is 0 Å². The molecule has 0 saturated heterocycles. The highest BCUT2D eigenvalue weighted by Crippen LogP contribution is 2.31. The van der Waals surface area contributed by atoms with Crippen molar-refractivity contribution in [1.82, 2.24) is 9.78 Å². The maximum atomic E-state index is 6.14. The number of nitrogens with zero attached hydrogens (tertiary/aromatic N) is 2. The monoisotopic (exact) mass is 278 g/mol. The van der Waals surface area contributed by atoms with Crippen molar-refractivity contribution >= 4 is 11.5 Å². The first-order valence-electron chi connectivity index (χ1n) is 8.07. The Kier molecular flexibility index (Phi) is 4.95. The van der Waals surface area contributed by atoms with Gasteiger partial charge in [-0.25, -0.2) is 4.68 Å². The first kappa shape index (κ1) is 15.2. The van der Waals surface area contributed by atoms with Crippen LogP contribution in [0.15, 0.2) is 0 Å². The van der Waals surface area contributed by atoms with Crippen LogP contribution in [0.4, 0.5) is 11.5 Å². The topological polar surface area (TPSA) is 55.9 Å². The molecule has 0 bridgehead atoms. The summed E-state index contributed by atoms with van der Waals surface area (Å²) in [7, 11) is 0. The highest BCUT2D eigenvalue weighted by atomic mass is 15.4. The number of nitrogens with two attached hydrogens (primary N) is 1. The minimum Gasteiger partial charge on any atom is -0.394 e. The molecule has 1 fully saturated rings. The third-order valence-corrected chi connectivity index (χ3v) is 4.51. The van der Waals surface area contributed by atoms with E-state index in [1.165, 1.54) is 32.1 Å². The molecule has 2 rings (SSSR count). The Morgan fingerprint density at radius 1 is 1.40 bits per heavy atom. The Morgan fingerprint density at radius 3 is 2.80 bits per heavy atom. The molecular weight excluding hydrogens is 248 g/mol. The SMILES string of the molecule is Cc1nn(C(C)C)c(NCCC2CCCC(C)C2)c1N. The Hall–Kier alpha value is -1.19. The number of aryl methyl sites for hydroxylation is 1. The Balaban J connectivity index is 1.90. The van der Waals surface area contributed by atoms with Gasteiger partial charge in [0.05, 0.1) is 11.4 Å². The predicted octanol–water partition coefficient (Wildman–Crippen LogP) is 3.98. The van der Waals surface area contributed by atoms with Gasteiger partial charge in [-0.3, -0.25) is 0 Å². The summed E-state index contributed by atoms with van der Waals surface area (Å²) < 4.78 is 2.01. The summed E-state index contributed by atoms with van der Waals surface area (Å²) in [6, 6.07) is 0.336. The molecule has 1 heterocycles. The lowest BCUT2D eigenvalue weighted by molar-refractivity contribution is 0.274. The molecule has 0 amide bonds. The normalized spacial score (nSPS) is 23.2. The fourth-order valence-corrected chi connectivity index (χ4v) is 3.33. The number of nitrogens with one attached hydrogen (secondary N) is 1. The second-order valence-corrected chi connectivity index (χ2v) is 6.74. The first-order chi connectivity index (χ1) is 9.49. The van der Waals surface area contributed by atoms with E-state index in [-0.39, 0.29) is 0 Å². The zero-order chi connectivity index (χ0) is 14.7. The molecule has 1 aromatic rings. The van der Waals surface area contributed by atoms with E-state index in [2.05, 4.69) is 31.2 Å². The highest BCUT2D eigenvalue weighted by Gasteiger charge is 2.19. The summed E-state index contributed by atoms with van der Waals surface area (Å²) in [5.74, 6) is 2.78. The predicted molar refractivity (Wildman–Crippen MR) is 86.0 cm³/mol. The van der Waals surface area contributed by atoms with Crippen molar-refractivity contribution in [1.29, 1.82) is 0 Å². The van der Waals surface area contributed by atoms with Crippen molar-refractivity contribution in [2.45, 2.75) is 65.8 Å². The number of hydrogen-bond acceptors (Lipinski definition) is 3. The molecule has 2 unspecified atom stereocenters. The van der Waals surface area contributed by atoms with Crippen LogP contribution in [-0.2, 0) is 0 Å². The maximum absolute atomic E-state index is 6.14. The molecule has 4 heteroatoms. The molecule has 0 aliphatic heterocycles. The zero-order valence-electron chi connectivity index (χ0n) is 13.4. The Morgan fingerprint density at radius 2 is 2.15 bits per heavy atom. The van der Waals surface area contributed by atoms with Crippen molar-refractivity contribution in [2.75, 3.05) is 17.6 Å². The van der Waals surface area contributed by atoms with Crippen LogP contribution in [0.25, 0.3) is 0 Å². The van der Waals surface area contributed by atoms with E-state index in [1.807, 2.05) is 11.6 Å². The van der Waals surface area contributed by atoms with Gasteiger partial charge in [-0.15, -0.1) is 0 Å². The molecule has 0 spiro atoms. The standard InChI is InChI=1S/C16H30N4/c1-11(2)20-16(15(17)13(4)19-20)18-9-8-14-7-5-6-12(3)10-14/h11-12,14,18H,5-10,17H2,1-4H3. The van der Waals surface area contributed by atoms with E-state index in [0.29, 0.717) is 6.04 Å². The summed E-state index contributed by atoms with van der Waals surface area (Å²) in [5.41, 5.74) is 7.86. The number of rotatable bonds is 5. The summed E-state index contributed by atoms with van der Waals surface area (Å²) in [6.45, 7) is 9.64. The van der Waals surface area contributed by atoms with E-state index < -0.39 is 0 Å². The van der Waals surface area contributed by atoms with Gasteiger partial charge in [0.1, 0.15) is 5.82 Å². The molecule has 1 aliphatic rings. The minimum atomic E-state index is 0.336. The number of hydrogen-bond donors (Lipinski definition) is 2. The summed E-state index contributed by atoms with van der Waals surface area (Å²) in [5, 5.41) is 8.04. The summed E-state index contributed by atoms with van der Waals surface area (Å²) >= 11 is 0. The average molecular weight is 278 g/mol. The van der Waals surface area contributed by atoms with Crippen LogP contribution in [0.3, 0.4) is 0 Å². The largest absolute Gasteiger partial charge is 0.394 e. The van der Waals surface area contributed by atoms with Crippen molar-refractivity contribution in [3.63, 3.8) is 0 Å². The molecule has 0 aromatic carbocycles. The Labute approximate surface area is 123 Å². The van der Waals surface area contributed by atoms with Gasteiger partial charge in [-0.2, -0.15) is 5.10 Å². The van der Waals surface area contributed by atoms with Gasteiger partial charge in [0, 0.05) is 12.6 Å². The van der Waals surface area contributed by atoms with Gasteiger partial charge in [0.2, 0.25) is 0 Å². The molecule has 4 nitrogen and oxygen atoms in total. The van der Waals surface area contributed by atoms with Crippen molar-refractivity contribution < 1.29 is 0 Å². The van der Waals surface area contributed by atoms with E-state index in [1.54, 1.807) is 0 Å². The lowest BCUT2D eigenvalue weighted by Gasteiger charge is -2.26. The number of nitrogen functional groups attached to an aromatic ring is 1. The maximum Gasteiger partial charge on any atom is 0.148 e. The molecule has 1 aliphatic carbocycles. The lowest BCUT2D eigenvalue weighted by atomic mass is 9.81. The molecule has 20 heavy (non-hydrogen) atoms. The zero-order valence-corrected chi connectivity index (χ0v) is 13.4. The smallest absolute Gasteiger partial charge is 0.148 e. The summed E-state index contributed by atoms with van der Waals surface area (Å²) in [4.78, 5) is 0. The molecule has 114 valence electrons. The van der Waals surface area contributed by atoms with Crippen LogP contribution >= 0.6 is 0 Å². The second-order valence-electron chi connectivity index (χ2n) is 6.74. The summed E-state index contributed by atoms with van der Waals surface area (Å²) in [6.07, 6.45) is 6.84. The van der Waals surface area contributed by atoms with Crippen LogP contribution in [-0.4, -0.2) is 16.3 Å². The third kappa shape index (κ3) is 3.47. The van der Waals surface area contributed by atoms with E-state index in [4.69, 9.17) is 5.73 Å². The fourth-order valence-electron chi connectivity index (χ4n) is 3.33. The number of anilines is 2. The van der Waals surface area contributed by atoms with Gasteiger partial charge >= 0.3 is 0 Å². The van der Waals surface area contributed by atoms with E-state index in [9.17, 15) is 0 Å². The quantitative estimate of drug-likeness (QED) is 0.856.